The molecule has 25 aliphatic carbocycles. The number of carbonyl (C=O) groups is 8. The highest BCUT2D eigenvalue weighted by Gasteiger charge is 2.67. The molecule has 131 heavy (non-hydrogen) atoms. The van der Waals surface area contributed by atoms with Gasteiger partial charge in [0.1, 0.15) is 28.9 Å². The van der Waals surface area contributed by atoms with Crippen molar-refractivity contribution in [1.29, 1.82) is 0 Å². The first-order valence-electron chi connectivity index (χ1n) is 52.7. The van der Waals surface area contributed by atoms with Gasteiger partial charge in [-0.2, -0.15) is 0 Å². The Morgan fingerprint density at radius 3 is 1.27 bits per heavy atom. The Hall–Kier alpha value is -4.73. The SMILES string of the molecule is C/C=C1\C[C@H]2C[C@@H](C1=O)C2(C)C.C=C(C)C[C@@H](C)[C@H]1C[C@H]2C[C@@H](C1=O)C2(C)C.C=C(C)C[C@@H](C)[C@]1(C)C[C@H]2C[C@@H](C1=O)C2(C)C.C=C(C)C[C@@]1(O)/C(=C/C)C[C@H]2C[C@@H]1C2(C)C.C=C(C)[C@@H]1CCC2=CC(=O)C[C@@H](C)[C@]2(C)C1.C=C1CC[C@H]2C[C@@H]1C2(C)C.CC(=O)C[C@@H](C)[C@]1(C)C[C@H]2C[C@@H](C1=O)C2(C)C.CC1(C)[C@H]2CCC(=O)[C@@H]1C2.C[C@@H]1CC(=O)C=C2CC[C@@H](C(C)(C)Cl)C[C@]21C. The van der Waals surface area contributed by atoms with E-state index < -0.39 is 5.60 Å². The number of ketones is 8. The van der Waals surface area contributed by atoms with E-state index in [9.17, 15) is 43.5 Å². The summed E-state index contributed by atoms with van der Waals surface area (Å²) in [5.41, 5.74) is 13.2. The Morgan fingerprint density at radius 2 is 0.908 bits per heavy atom. The lowest BCUT2D eigenvalue weighted by atomic mass is 9.41. The van der Waals surface area contributed by atoms with Gasteiger partial charge in [-0.25, -0.2) is 0 Å². The molecule has 0 saturated heterocycles. The Balaban J connectivity index is 0.000000154. The zero-order valence-corrected chi connectivity index (χ0v) is 90.2. The third-order valence-corrected chi connectivity index (χ3v) is 43.0. The van der Waals surface area contributed by atoms with Gasteiger partial charge in [0.25, 0.3) is 0 Å². The molecular weight excluding hydrogens is 1630 g/mol. The monoisotopic (exact) mass is 1820 g/mol. The second-order valence-electron chi connectivity index (χ2n) is 53.6. The van der Waals surface area contributed by atoms with E-state index in [1.165, 1.54) is 84.0 Å². The molecule has 0 unspecified atom stereocenters. The molecule has 0 radical (unpaired) electrons. The molecule has 1 N–H and O–H groups in total. The maximum absolute atomic E-state index is 12.7. The van der Waals surface area contributed by atoms with E-state index in [-0.39, 0.29) is 60.4 Å². The number of hydrogen-bond donors (Lipinski definition) is 1. The lowest BCUT2D eigenvalue weighted by Gasteiger charge is -2.64. The van der Waals surface area contributed by atoms with Crippen LogP contribution in [-0.2, 0) is 38.4 Å². The molecule has 0 aromatic carbocycles. The normalized spacial score (nSPS) is 40.5. The summed E-state index contributed by atoms with van der Waals surface area (Å²) in [6.07, 6.45) is 37.7. The number of carbonyl (C=O) groups excluding carboxylic acids is 8. The number of allylic oxidation sites excluding steroid dienone is 11. The van der Waals surface area contributed by atoms with Crippen LogP contribution in [0.25, 0.3) is 0 Å². The van der Waals surface area contributed by atoms with E-state index >= 15 is 0 Å². The van der Waals surface area contributed by atoms with E-state index in [2.05, 4.69) is 240 Å². The summed E-state index contributed by atoms with van der Waals surface area (Å²) in [5.74, 6) is 15.4. The number of aliphatic hydroxyl groups is 1. The molecule has 14 bridgehead atoms. The minimum atomic E-state index is -0.612. The van der Waals surface area contributed by atoms with Crippen LogP contribution < -0.4 is 0 Å². The standard InChI is InChI=1S/C16H26O.C15H23ClO.C15H24O2.C15H24O.C15H22O.C15H24O.C11H16O.C10H16.C9H14O/c1-10(2)7-11(3)16(6)9-12-8-13(14(16)17)15(12,4)5;1-10-7-13(17)8-11-5-6-12(14(2,3)16)9-15(10,11)4;1-9(6-10(2)16)15(5)8-11-7-12(13(15)17)14(11,3)4;1-9(2)6-10(3)12-7-11-8-13(14(12)16)15(11,4)5;1-10(2)12-5-6-13-8-14(16)7-11(3)15(13,4)9-12;1-6-11-7-12-8-13(14(12,4)5)15(11,16)9-10(2)3;1-4-7-5-8-6-9(10(7)12)11(8,2)3;1-7-4-5-8-6-9(7)10(8,2)3;1-9(2)6-3-4-8(10)7(9)5-6/h11-13H,1,7-9H2,2-6H3;8,10,12H,5-7,9H2,1-4H3;9,11-12H,6-8H2,1-5H3;10-13H,1,6-8H2,2-5H3;8,11-12H,1,5-7,9H2,2-4H3;6,12-13,16H,2,7-9H2,1,3-5H3;4,8-9H,5-6H2,1-3H3;8-9H,1,4-6H2,2-3H3;6-7H,3-5H2,1-2H3/b;;;;;11-6+;7-4+;;/t11-,12-,13+,16+;10-,12-,15+;9-,11-,12+,15+;10-,11+,12-,13+;11-,12-,15+;12-,13+,15+;2*8-,9-;6-,7-/m111110000/s1. The number of hydrogen-bond acceptors (Lipinski definition) is 9. The molecule has 0 aliphatic heterocycles. The highest BCUT2D eigenvalue weighted by atomic mass is 35.5. The van der Waals surface area contributed by atoms with Crippen molar-refractivity contribution in [3.8, 4) is 0 Å². The fourth-order valence-corrected chi connectivity index (χ4v) is 30.5. The van der Waals surface area contributed by atoms with Gasteiger partial charge in [-0.3, -0.25) is 33.6 Å². The Labute approximate surface area is 805 Å². The van der Waals surface area contributed by atoms with Gasteiger partial charge in [0.15, 0.2) is 17.3 Å². The third-order valence-electron chi connectivity index (χ3n) is 42.7. The van der Waals surface area contributed by atoms with E-state index in [1.807, 2.05) is 32.1 Å². The molecule has 23 saturated carbocycles. The smallest absolute Gasteiger partial charge is 0.162 e. The largest absolute Gasteiger partial charge is 0.385 e. The first-order chi connectivity index (χ1) is 60.0. The van der Waals surface area contributed by atoms with Crippen LogP contribution in [0.4, 0.5) is 0 Å². The van der Waals surface area contributed by atoms with E-state index in [1.54, 1.807) is 6.92 Å². The molecule has 0 aromatic rings. The number of halogens is 1. The summed E-state index contributed by atoms with van der Waals surface area (Å²) in [4.78, 5) is 95.0. The van der Waals surface area contributed by atoms with Gasteiger partial charge in [0.05, 0.1) is 5.60 Å². The average molecular weight is 1820 g/mol. The molecule has 25 aliphatic rings. The number of Topliss-reactive ketones (excluding diaryl/α,β-unsaturated/α-hetero) is 6. The topological polar surface area (TPSA) is 157 Å². The number of fused-ring (bicyclic) bond motifs is 16. The average Bonchev–Trinajstić information content (AvgIpc) is 0.703. The maximum atomic E-state index is 12.7. The third kappa shape index (κ3) is 20.8. The Kier molecular flexibility index (Phi) is 32.4. The van der Waals surface area contributed by atoms with Crippen LogP contribution in [0.2, 0.25) is 0 Å². The fraction of sp³-hybridized carbons (Fsp3) is 0.785. The number of alkyl halides is 1. The van der Waals surface area contributed by atoms with Crippen LogP contribution in [0.15, 0.2) is 107 Å². The Bertz CT molecular complexity index is 4410. The second-order valence-corrected chi connectivity index (χ2v) is 54.6. The van der Waals surface area contributed by atoms with Crippen LogP contribution >= 0.6 is 11.6 Å². The van der Waals surface area contributed by atoms with Gasteiger partial charge in [-0.05, 0) is 377 Å². The van der Waals surface area contributed by atoms with Gasteiger partial charge in [0, 0.05) is 83.3 Å². The molecule has 0 heterocycles. The molecule has 0 spiro atoms. The molecule has 23 fully saturated rings. The zero-order valence-electron chi connectivity index (χ0n) is 89.4. The van der Waals surface area contributed by atoms with E-state index in [4.69, 9.17) is 11.6 Å². The molecule has 0 aromatic heterocycles. The summed E-state index contributed by atoms with van der Waals surface area (Å²) in [6, 6.07) is 0. The molecule has 0 amide bonds. The summed E-state index contributed by atoms with van der Waals surface area (Å²) in [7, 11) is 0. The van der Waals surface area contributed by atoms with Crippen LogP contribution in [0, 0.1) is 190 Å². The van der Waals surface area contributed by atoms with E-state index in [0.717, 1.165) is 175 Å². The first kappa shape index (κ1) is 108. The van der Waals surface area contributed by atoms with Gasteiger partial charge < -0.3 is 9.90 Å². The van der Waals surface area contributed by atoms with Gasteiger partial charge in [0.2, 0.25) is 0 Å². The predicted molar refractivity (Wildman–Crippen MR) is 546 cm³/mol. The highest BCUT2D eigenvalue weighted by Crippen LogP contribution is 2.70. The van der Waals surface area contributed by atoms with Crippen LogP contribution in [-0.4, -0.2) is 61.8 Å². The molecule has 734 valence electrons. The fourth-order valence-electron chi connectivity index (χ4n) is 30.3. The molecular formula is C121H189ClO9. The van der Waals surface area contributed by atoms with Crippen molar-refractivity contribution in [2.45, 2.75) is 412 Å². The summed E-state index contributed by atoms with van der Waals surface area (Å²) in [6.45, 7) is 90.1. The van der Waals surface area contributed by atoms with Crippen molar-refractivity contribution in [1.82, 2.24) is 0 Å². The Morgan fingerprint density at radius 1 is 0.473 bits per heavy atom. The van der Waals surface area contributed by atoms with Crippen LogP contribution in [0.1, 0.15) is 401 Å². The molecule has 25 rings (SSSR count). The van der Waals surface area contributed by atoms with E-state index in [0.29, 0.717) is 152 Å². The van der Waals surface area contributed by atoms with Crippen molar-refractivity contribution in [2.24, 2.45) is 190 Å². The van der Waals surface area contributed by atoms with Crippen molar-refractivity contribution < 1.29 is 43.5 Å². The predicted octanol–water partition coefficient (Wildman–Crippen LogP) is 30.8. The molecule has 10 heteroatoms. The van der Waals surface area contributed by atoms with Crippen molar-refractivity contribution in [2.75, 3.05) is 0 Å². The molecule has 9 nitrogen and oxygen atoms in total. The van der Waals surface area contributed by atoms with Gasteiger partial charge >= 0.3 is 0 Å². The van der Waals surface area contributed by atoms with Crippen molar-refractivity contribution in [3.05, 3.63) is 107 Å². The van der Waals surface area contributed by atoms with Gasteiger partial charge in [-0.1, -0.05) is 224 Å². The molecule has 27 atom stereocenters. The zero-order chi connectivity index (χ0) is 98.6. The van der Waals surface area contributed by atoms with Crippen LogP contribution in [0.5, 0.6) is 0 Å². The quantitative estimate of drug-likeness (QED) is 0.108. The summed E-state index contributed by atoms with van der Waals surface area (Å²) in [5, 5.41) is 11.0. The maximum Gasteiger partial charge on any atom is 0.162 e. The summed E-state index contributed by atoms with van der Waals surface area (Å²) >= 11 is 6.50. The van der Waals surface area contributed by atoms with Crippen molar-refractivity contribution >= 4 is 57.9 Å². The lowest BCUT2D eigenvalue weighted by molar-refractivity contribution is -0.173. The highest BCUT2D eigenvalue weighted by molar-refractivity contribution is 6.23. The number of rotatable bonds is 13. The lowest BCUT2D eigenvalue weighted by Crippen LogP contribution is -2.62. The second kappa shape index (κ2) is 39.2. The van der Waals surface area contributed by atoms with Crippen LogP contribution in [0.3, 0.4) is 0 Å². The minimum Gasteiger partial charge on any atom is -0.385 e. The summed E-state index contributed by atoms with van der Waals surface area (Å²) < 4.78 is 0. The first-order valence-corrected chi connectivity index (χ1v) is 53.0. The van der Waals surface area contributed by atoms with Gasteiger partial charge in [-0.15, -0.1) is 31.3 Å². The van der Waals surface area contributed by atoms with Crippen molar-refractivity contribution in [3.63, 3.8) is 0 Å². The minimum absolute atomic E-state index is 0.0952.